The van der Waals surface area contributed by atoms with Gasteiger partial charge in [-0.05, 0) is 91.0 Å². The minimum absolute atomic E-state index is 0.651. The third-order valence-corrected chi connectivity index (χ3v) is 9.12. The molecule has 0 aliphatic heterocycles. The van der Waals surface area contributed by atoms with Gasteiger partial charge in [-0.3, -0.25) is 9.97 Å². The van der Waals surface area contributed by atoms with Crippen LogP contribution in [0.3, 0.4) is 0 Å². The molecule has 224 valence electrons. The SMILES string of the molecule is c1ccc(-c2ccccc2-c2cc(-c3ccncc3)nc(-c3ccncc3)n2)c(-c2ccc3c4ccccc4c4ccccc4c3c2)c1. The highest BCUT2D eigenvalue weighted by atomic mass is 14.9. The first-order chi connectivity index (χ1) is 23.8. The molecular weight excluding hydrogens is 585 g/mol. The van der Waals surface area contributed by atoms with Crippen LogP contribution < -0.4 is 0 Å². The second-order valence-corrected chi connectivity index (χ2v) is 11.9. The van der Waals surface area contributed by atoms with E-state index in [0.29, 0.717) is 5.82 Å². The molecule has 0 spiro atoms. The lowest BCUT2D eigenvalue weighted by atomic mass is 9.88. The predicted molar refractivity (Wildman–Crippen MR) is 197 cm³/mol. The monoisotopic (exact) mass is 612 g/mol. The maximum atomic E-state index is 5.14. The van der Waals surface area contributed by atoms with Crippen molar-refractivity contribution in [1.82, 2.24) is 19.9 Å². The number of fused-ring (bicyclic) bond motifs is 6. The minimum atomic E-state index is 0.651. The Bertz CT molecular complexity index is 2520. The van der Waals surface area contributed by atoms with Crippen LogP contribution in [-0.4, -0.2) is 19.9 Å². The van der Waals surface area contributed by atoms with E-state index in [4.69, 9.17) is 9.97 Å². The van der Waals surface area contributed by atoms with E-state index in [1.807, 2.05) is 24.3 Å². The molecule has 48 heavy (non-hydrogen) atoms. The molecule has 9 aromatic rings. The van der Waals surface area contributed by atoms with Crippen molar-refractivity contribution in [3.05, 3.63) is 170 Å². The van der Waals surface area contributed by atoms with Crippen molar-refractivity contribution in [2.24, 2.45) is 0 Å². The smallest absolute Gasteiger partial charge is 0.160 e. The molecule has 0 radical (unpaired) electrons. The summed E-state index contributed by atoms with van der Waals surface area (Å²) in [5.74, 6) is 0.651. The zero-order valence-corrected chi connectivity index (χ0v) is 26.0. The molecule has 0 aliphatic carbocycles. The number of benzene rings is 6. The van der Waals surface area contributed by atoms with Gasteiger partial charge in [-0.1, -0.05) is 109 Å². The molecular formula is C44H28N4. The van der Waals surface area contributed by atoms with Crippen molar-refractivity contribution in [2.45, 2.75) is 0 Å². The van der Waals surface area contributed by atoms with Gasteiger partial charge in [0.2, 0.25) is 0 Å². The van der Waals surface area contributed by atoms with Gasteiger partial charge in [0.1, 0.15) is 0 Å². The molecule has 4 nitrogen and oxygen atoms in total. The van der Waals surface area contributed by atoms with Crippen molar-refractivity contribution in [1.29, 1.82) is 0 Å². The van der Waals surface area contributed by atoms with E-state index >= 15 is 0 Å². The number of nitrogens with zero attached hydrogens (tertiary/aromatic N) is 4. The first kappa shape index (κ1) is 27.8. The predicted octanol–water partition coefficient (Wildman–Crippen LogP) is 11.1. The highest BCUT2D eigenvalue weighted by molar-refractivity contribution is 6.25. The Hall–Kier alpha value is -6.52. The molecule has 0 bridgehead atoms. The van der Waals surface area contributed by atoms with Crippen LogP contribution in [0, 0.1) is 0 Å². The zero-order chi connectivity index (χ0) is 31.9. The minimum Gasteiger partial charge on any atom is -0.265 e. The molecule has 0 saturated carbocycles. The summed E-state index contributed by atoms with van der Waals surface area (Å²) in [4.78, 5) is 18.5. The molecule has 3 heterocycles. The van der Waals surface area contributed by atoms with E-state index in [1.54, 1.807) is 24.8 Å². The maximum Gasteiger partial charge on any atom is 0.160 e. The van der Waals surface area contributed by atoms with E-state index in [1.165, 1.54) is 43.4 Å². The van der Waals surface area contributed by atoms with Gasteiger partial charge in [0.15, 0.2) is 5.82 Å². The van der Waals surface area contributed by atoms with Crippen molar-refractivity contribution >= 4 is 32.3 Å². The van der Waals surface area contributed by atoms with Crippen molar-refractivity contribution in [3.8, 4) is 56.2 Å². The van der Waals surface area contributed by atoms with E-state index in [2.05, 4.69) is 131 Å². The fourth-order valence-electron chi connectivity index (χ4n) is 6.87. The molecule has 0 atom stereocenters. The summed E-state index contributed by atoms with van der Waals surface area (Å²) in [7, 11) is 0. The fraction of sp³-hybridized carbons (Fsp3) is 0. The fourth-order valence-corrected chi connectivity index (χ4v) is 6.87. The topological polar surface area (TPSA) is 51.6 Å². The maximum absolute atomic E-state index is 5.14. The summed E-state index contributed by atoms with van der Waals surface area (Å²) in [6.07, 6.45) is 7.14. The van der Waals surface area contributed by atoms with E-state index in [-0.39, 0.29) is 0 Å². The van der Waals surface area contributed by atoms with Crippen LogP contribution in [0.4, 0.5) is 0 Å². The highest BCUT2D eigenvalue weighted by Crippen LogP contribution is 2.41. The number of pyridine rings is 2. The summed E-state index contributed by atoms with van der Waals surface area (Å²) in [6.45, 7) is 0. The first-order valence-electron chi connectivity index (χ1n) is 16.0. The zero-order valence-electron chi connectivity index (χ0n) is 26.0. The van der Waals surface area contributed by atoms with Crippen molar-refractivity contribution < 1.29 is 0 Å². The molecule has 0 aliphatic rings. The van der Waals surface area contributed by atoms with Crippen molar-refractivity contribution in [2.75, 3.05) is 0 Å². The average Bonchev–Trinajstić information content (AvgIpc) is 3.18. The lowest BCUT2D eigenvalue weighted by Gasteiger charge is -2.17. The summed E-state index contributed by atoms with van der Waals surface area (Å²) in [6, 6.07) is 51.5. The molecule has 9 rings (SSSR count). The standard InChI is InChI=1S/C44H28N4/c1-2-10-33(32(9-1)31-17-18-39-36-13-4-3-11-34(36)35-12-5-6-15-38(35)41(39)27-31)37-14-7-8-16-40(37)43-28-42(29-19-23-45-24-20-29)47-44(48-43)30-21-25-46-26-22-30/h1-28H. The van der Waals surface area contributed by atoms with Gasteiger partial charge in [-0.25, -0.2) is 9.97 Å². The Morgan fingerprint density at radius 1 is 0.292 bits per heavy atom. The molecule has 0 unspecified atom stereocenters. The third-order valence-electron chi connectivity index (χ3n) is 9.12. The highest BCUT2D eigenvalue weighted by Gasteiger charge is 2.17. The quantitative estimate of drug-likeness (QED) is 0.181. The van der Waals surface area contributed by atoms with Crippen LogP contribution in [0.5, 0.6) is 0 Å². The number of hydrogen-bond acceptors (Lipinski definition) is 4. The number of rotatable bonds is 5. The lowest BCUT2D eigenvalue weighted by Crippen LogP contribution is -1.97. The van der Waals surface area contributed by atoms with Crippen LogP contribution in [0.1, 0.15) is 0 Å². The van der Waals surface area contributed by atoms with Gasteiger partial charge in [0, 0.05) is 41.5 Å². The van der Waals surface area contributed by atoms with E-state index < -0.39 is 0 Å². The molecule has 3 aromatic heterocycles. The summed E-state index contributed by atoms with van der Waals surface area (Å²) in [5.41, 5.74) is 9.22. The summed E-state index contributed by atoms with van der Waals surface area (Å²) < 4.78 is 0. The Kier molecular flexibility index (Phi) is 6.76. The summed E-state index contributed by atoms with van der Waals surface area (Å²) in [5, 5.41) is 7.61. The molecule has 0 N–H and O–H groups in total. The number of hydrogen-bond donors (Lipinski definition) is 0. The van der Waals surface area contributed by atoms with Gasteiger partial charge in [-0.2, -0.15) is 0 Å². The molecule has 6 aromatic carbocycles. The normalized spacial score (nSPS) is 11.3. The van der Waals surface area contributed by atoms with Crippen LogP contribution in [0.25, 0.3) is 88.5 Å². The Morgan fingerprint density at radius 2 is 0.750 bits per heavy atom. The number of aromatic nitrogens is 4. The van der Waals surface area contributed by atoms with E-state index in [9.17, 15) is 0 Å². The van der Waals surface area contributed by atoms with Gasteiger partial charge >= 0.3 is 0 Å². The third kappa shape index (κ3) is 4.79. The van der Waals surface area contributed by atoms with Gasteiger partial charge < -0.3 is 0 Å². The second-order valence-electron chi connectivity index (χ2n) is 11.9. The van der Waals surface area contributed by atoms with Gasteiger partial charge in [-0.15, -0.1) is 0 Å². The molecule has 4 heteroatoms. The first-order valence-corrected chi connectivity index (χ1v) is 16.0. The van der Waals surface area contributed by atoms with Crippen LogP contribution in [-0.2, 0) is 0 Å². The lowest BCUT2D eigenvalue weighted by molar-refractivity contribution is 1.17. The second kappa shape index (κ2) is 11.7. The molecule has 0 fully saturated rings. The van der Waals surface area contributed by atoms with E-state index in [0.717, 1.165) is 39.2 Å². The largest absolute Gasteiger partial charge is 0.265 e. The molecule has 0 amide bonds. The van der Waals surface area contributed by atoms with Gasteiger partial charge in [0.25, 0.3) is 0 Å². The van der Waals surface area contributed by atoms with Gasteiger partial charge in [0.05, 0.1) is 11.4 Å². The van der Waals surface area contributed by atoms with Crippen LogP contribution >= 0.6 is 0 Å². The Balaban J connectivity index is 1.25. The Morgan fingerprint density at radius 3 is 1.38 bits per heavy atom. The Labute approximate surface area is 278 Å². The summed E-state index contributed by atoms with van der Waals surface area (Å²) >= 11 is 0. The van der Waals surface area contributed by atoms with Crippen LogP contribution in [0.2, 0.25) is 0 Å². The van der Waals surface area contributed by atoms with Crippen molar-refractivity contribution in [3.63, 3.8) is 0 Å². The average molecular weight is 613 g/mol. The molecule has 0 saturated heterocycles. The van der Waals surface area contributed by atoms with Crippen LogP contribution in [0.15, 0.2) is 170 Å².